The van der Waals surface area contributed by atoms with Crippen molar-refractivity contribution >= 4 is 17.5 Å². The SMILES string of the molecule is CC(C)N1CCC(CN(C)Cc2ccc(Oc3ccccc3)cc2)Oc2c(NC(=O)c3ccncc3)cccc2C1=O. The van der Waals surface area contributed by atoms with Crippen LogP contribution in [0, 0.1) is 0 Å². The van der Waals surface area contributed by atoms with Gasteiger partial charge in [-0.2, -0.15) is 0 Å². The summed E-state index contributed by atoms with van der Waals surface area (Å²) in [6, 6.07) is 26.4. The highest BCUT2D eigenvalue weighted by atomic mass is 16.5. The summed E-state index contributed by atoms with van der Waals surface area (Å²) in [4.78, 5) is 34.6. The lowest BCUT2D eigenvalue weighted by Crippen LogP contribution is -2.44. The van der Waals surface area contributed by atoms with Gasteiger partial charge >= 0.3 is 0 Å². The summed E-state index contributed by atoms with van der Waals surface area (Å²) < 4.78 is 12.5. The van der Waals surface area contributed by atoms with E-state index in [4.69, 9.17) is 9.47 Å². The maximum Gasteiger partial charge on any atom is 0.257 e. The van der Waals surface area contributed by atoms with Gasteiger partial charge in [-0.25, -0.2) is 0 Å². The van der Waals surface area contributed by atoms with Crippen LogP contribution in [0.1, 0.15) is 46.5 Å². The molecule has 0 radical (unpaired) electrons. The molecule has 8 heteroatoms. The lowest BCUT2D eigenvalue weighted by Gasteiger charge is -2.34. The number of nitrogens with one attached hydrogen (secondary N) is 1. The molecule has 1 aliphatic rings. The van der Waals surface area contributed by atoms with Crippen LogP contribution in [0.4, 0.5) is 5.69 Å². The highest BCUT2D eigenvalue weighted by molar-refractivity contribution is 6.07. The predicted octanol–water partition coefficient (Wildman–Crippen LogP) is 6.26. The molecular weight excluding hydrogens is 528 g/mol. The molecule has 0 bridgehead atoms. The van der Waals surface area contributed by atoms with Crippen molar-refractivity contribution in [2.24, 2.45) is 0 Å². The van der Waals surface area contributed by atoms with Crippen molar-refractivity contribution in [3.05, 3.63) is 114 Å². The van der Waals surface area contributed by atoms with Gasteiger partial charge in [-0.3, -0.25) is 19.5 Å². The molecule has 0 fully saturated rings. The summed E-state index contributed by atoms with van der Waals surface area (Å²) in [5.74, 6) is 1.58. The summed E-state index contributed by atoms with van der Waals surface area (Å²) in [6.45, 7) is 5.95. The number of carbonyl (C=O) groups is 2. The molecular formula is C34H36N4O4. The lowest BCUT2D eigenvalue weighted by molar-refractivity contribution is 0.0595. The van der Waals surface area contributed by atoms with Crippen LogP contribution in [0.15, 0.2) is 97.3 Å². The Balaban J connectivity index is 1.32. The highest BCUT2D eigenvalue weighted by Gasteiger charge is 2.30. The number of carbonyl (C=O) groups excluding carboxylic acids is 2. The van der Waals surface area contributed by atoms with Crippen LogP contribution in [0.2, 0.25) is 0 Å². The van der Waals surface area contributed by atoms with E-state index in [1.165, 1.54) is 0 Å². The molecule has 2 heterocycles. The van der Waals surface area contributed by atoms with Gasteiger partial charge in [0.2, 0.25) is 0 Å². The summed E-state index contributed by atoms with van der Waals surface area (Å²) in [6.07, 6.45) is 3.59. The maximum atomic E-state index is 13.6. The van der Waals surface area contributed by atoms with Gasteiger partial charge in [0.05, 0.1) is 11.3 Å². The molecule has 1 aromatic heterocycles. The average molecular weight is 565 g/mol. The normalized spacial score (nSPS) is 15.0. The number of para-hydroxylation sites is 2. The fourth-order valence-electron chi connectivity index (χ4n) is 5.03. The molecule has 216 valence electrons. The third-order valence-electron chi connectivity index (χ3n) is 7.17. The average Bonchev–Trinajstić information content (AvgIpc) is 2.99. The van der Waals surface area contributed by atoms with E-state index < -0.39 is 0 Å². The number of benzene rings is 3. The molecule has 1 atom stereocenters. The number of ether oxygens (including phenoxy) is 2. The van der Waals surface area contributed by atoms with Crippen molar-refractivity contribution in [3.8, 4) is 17.2 Å². The first-order chi connectivity index (χ1) is 20.4. The molecule has 3 aromatic carbocycles. The van der Waals surface area contributed by atoms with Gasteiger partial charge in [-0.1, -0.05) is 36.4 Å². The number of amides is 2. The molecule has 0 aliphatic carbocycles. The number of anilines is 1. The smallest absolute Gasteiger partial charge is 0.257 e. The summed E-state index contributed by atoms with van der Waals surface area (Å²) in [5, 5.41) is 2.95. The maximum absolute atomic E-state index is 13.6. The number of aromatic nitrogens is 1. The summed E-state index contributed by atoms with van der Waals surface area (Å²) in [7, 11) is 2.06. The zero-order valence-electron chi connectivity index (χ0n) is 24.2. The Bertz CT molecular complexity index is 1490. The molecule has 5 rings (SSSR count). The van der Waals surface area contributed by atoms with E-state index in [1.807, 2.05) is 61.2 Å². The zero-order chi connectivity index (χ0) is 29.5. The van der Waals surface area contributed by atoms with Gasteiger partial charge in [-0.15, -0.1) is 0 Å². The van der Waals surface area contributed by atoms with E-state index >= 15 is 0 Å². The Hall–Kier alpha value is -4.69. The third kappa shape index (κ3) is 7.14. The Labute approximate surface area is 246 Å². The molecule has 8 nitrogen and oxygen atoms in total. The largest absolute Gasteiger partial charge is 0.486 e. The second-order valence-corrected chi connectivity index (χ2v) is 10.7. The number of pyridine rings is 1. The van der Waals surface area contributed by atoms with Crippen molar-refractivity contribution in [2.75, 3.05) is 25.5 Å². The van der Waals surface area contributed by atoms with E-state index in [-0.39, 0.29) is 24.0 Å². The molecule has 1 aliphatic heterocycles. The number of likely N-dealkylation sites (N-methyl/N-ethyl adjacent to an activating group) is 1. The van der Waals surface area contributed by atoms with Crippen LogP contribution in [0.5, 0.6) is 17.2 Å². The van der Waals surface area contributed by atoms with E-state index in [2.05, 4.69) is 34.4 Å². The second-order valence-electron chi connectivity index (χ2n) is 10.7. The van der Waals surface area contributed by atoms with Crippen molar-refractivity contribution in [2.45, 2.75) is 39.0 Å². The van der Waals surface area contributed by atoms with E-state index in [9.17, 15) is 9.59 Å². The second kappa shape index (κ2) is 13.3. The van der Waals surface area contributed by atoms with Gasteiger partial charge in [-0.05, 0) is 75.0 Å². The van der Waals surface area contributed by atoms with E-state index in [0.717, 1.165) is 17.1 Å². The van der Waals surface area contributed by atoms with Crippen LogP contribution in [0.25, 0.3) is 0 Å². The minimum Gasteiger partial charge on any atom is -0.486 e. The van der Waals surface area contributed by atoms with Gasteiger partial charge < -0.3 is 19.7 Å². The van der Waals surface area contributed by atoms with E-state index in [1.54, 1.807) is 42.7 Å². The first-order valence-corrected chi connectivity index (χ1v) is 14.2. The summed E-state index contributed by atoms with van der Waals surface area (Å²) >= 11 is 0. The number of rotatable bonds is 9. The summed E-state index contributed by atoms with van der Waals surface area (Å²) in [5.41, 5.74) is 2.53. The van der Waals surface area contributed by atoms with Crippen molar-refractivity contribution in [1.29, 1.82) is 0 Å². The molecule has 42 heavy (non-hydrogen) atoms. The topological polar surface area (TPSA) is 84.0 Å². The van der Waals surface area contributed by atoms with Crippen molar-refractivity contribution in [1.82, 2.24) is 14.8 Å². The van der Waals surface area contributed by atoms with Crippen LogP contribution in [-0.2, 0) is 6.54 Å². The highest BCUT2D eigenvalue weighted by Crippen LogP contribution is 2.34. The Kier molecular flexibility index (Phi) is 9.14. The minimum absolute atomic E-state index is 0.0218. The minimum atomic E-state index is -0.294. The molecule has 1 unspecified atom stereocenters. The molecule has 0 saturated heterocycles. The lowest BCUT2D eigenvalue weighted by atomic mass is 10.1. The van der Waals surface area contributed by atoms with Gasteiger partial charge in [0, 0.05) is 50.1 Å². The van der Waals surface area contributed by atoms with Crippen LogP contribution < -0.4 is 14.8 Å². The van der Waals surface area contributed by atoms with Crippen LogP contribution >= 0.6 is 0 Å². The molecule has 1 N–H and O–H groups in total. The van der Waals surface area contributed by atoms with Crippen molar-refractivity contribution < 1.29 is 19.1 Å². The fourth-order valence-corrected chi connectivity index (χ4v) is 5.03. The monoisotopic (exact) mass is 564 g/mol. The first-order valence-electron chi connectivity index (χ1n) is 14.2. The number of hydrogen-bond donors (Lipinski definition) is 1. The first kappa shape index (κ1) is 28.8. The van der Waals surface area contributed by atoms with Gasteiger partial charge in [0.15, 0.2) is 5.75 Å². The van der Waals surface area contributed by atoms with Gasteiger partial charge in [0.1, 0.15) is 17.6 Å². The number of fused-ring (bicyclic) bond motifs is 1. The molecule has 0 saturated carbocycles. The molecule has 0 spiro atoms. The Morgan fingerprint density at radius 1 is 1.00 bits per heavy atom. The molecule has 2 amide bonds. The number of nitrogens with zero attached hydrogens (tertiary/aromatic N) is 3. The van der Waals surface area contributed by atoms with Crippen molar-refractivity contribution in [3.63, 3.8) is 0 Å². The van der Waals surface area contributed by atoms with E-state index in [0.29, 0.717) is 48.6 Å². The van der Waals surface area contributed by atoms with Gasteiger partial charge in [0.25, 0.3) is 11.8 Å². The quantitative estimate of drug-likeness (QED) is 0.258. The third-order valence-corrected chi connectivity index (χ3v) is 7.17. The Morgan fingerprint density at radius 2 is 1.71 bits per heavy atom. The zero-order valence-corrected chi connectivity index (χ0v) is 24.2. The fraction of sp³-hybridized carbons (Fsp3) is 0.265. The van der Waals surface area contributed by atoms with Crippen LogP contribution in [-0.4, -0.2) is 58.9 Å². The molecule has 4 aromatic rings. The van der Waals surface area contributed by atoms with Crippen LogP contribution in [0.3, 0.4) is 0 Å². The standard InChI is InChI=1S/C34H36N4O4/c1-24(2)38-21-18-29(23-37(3)22-25-12-14-28(15-13-25)41-27-8-5-4-6-9-27)42-32-30(34(38)40)10-7-11-31(32)36-33(39)26-16-19-35-20-17-26/h4-17,19-20,24,29H,18,21-23H2,1-3H3,(H,36,39). The predicted molar refractivity (Wildman–Crippen MR) is 163 cm³/mol. The number of hydrogen-bond acceptors (Lipinski definition) is 6. The Morgan fingerprint density at radius 3 is 2.43 bits per heavy atom.